The summed E-state index contributed by atoms with van der Waals surface area (Å²) in [7, 11) is 0. The van der Waals surface area contributed by atoms with Gasteiger partial charge in [-0.3, -0.25) is 15.6 Å². The molecule has 0 aromatic heterocycles. The number of benzene rings is 1. The molecule has 1 aromatic carbocycles. The summed E-state index contributed by atoms with van der Waals surface area (Å²) in [6.07, 6.45) is 7.84. The minimum Gasteiger partial charge on any atom is -0.299 e. The summed E-state index contributed by atoms with van der Waals surface area (Å²) in [5, 5.41) is 0. The maximum absolute atomic E-state index is 11.5. The number of hydrogen-bond donors (Lipinski definition) is 2. The van der Waals surface area contributed by atoms with Crippen LogP contribution in [0, 0.1) is 0 Å². The van der Waals surface area contributed by atoms with Gasteiger partial charge in [-0.15, -0.1) is 0 Å². The van der Waals surface area contributed by atoms with Crippen molar-refractivity contribution in [2.24, 2.45) is 0 Å². The van der Waals surface area contributed by atoms with Crippen molar-refractivity contribution >= 4 is 11.6 Å². The van der Waals surface area contributed by atoms with Crippen LogP contribution in [-0.4, -0.2) is 5.91 Å². The predicted molar refractivity (Wildman–Crippen MR) is 76.2 cm³/mol. The lowest BCUT2D eigenvalue weighted by Crippen LogP contribution is -2.28. The number of rotatable bonds is 9. The van der Waals surface area contributed by atoms with Gasteiger partial charge in [0.05, 0.1) is 5.69 Å². The molecule has 100 valence electrons. The van der Waals surface area contributed by atoms with Crippen LogP contribution < -0.4 is 10.9 Å². The molecule has 0 heterocycles. The quantitative estimate of drug-likeness (QED) is 0.514. The van der Waals surface area contributed by atoms with Gasteiger partial charge in [-0.2, -0.15) is 0 Å². The van der Waals surface area contributed by atoms with E-state index in [9.17, 15) is 4.79 Å². The summed E-state index contributed by atoms with van der Waals surface area (Å²) in [6.45, 7) is 2.21. The molecule has 0 unspecified atom stereocenters. The van der Waals surface area contributed by atoms with Crippen LogP contribution in [0.2, 0.25) is 0 Å². The summed E-state index contributed by atoms with van der Waals surface area (Å²) in [4.78, 5) is 11.5. The lowest BCUT2D eigenvalue weighted by Gasteiger charge is -2.08. The van der Waals surface area contributed by atoms with Crippen molar-refractivity contribution in [3.63, 3.8) is 0 Å². The highest BCUT2D eigenvalue weighted by molar-refractivity contribution is 5.77. The van der Waals surface area contributed by atoms with Crippen molar-refractivity contribution in [2.75, 3.05) is 5.43 Å². The predicted octanol–water partition coefficient (Wildman–Crippen LogP) is 3.88. The molecule has 3 nitrogen and oxygen atoms in total. The average molecular weight is 248 g/mol. The van der Waals surface area contributed by atoms with Gasteiger partial charge in [0.25, 0.3) is 0 Å². The number of hydrazine groups is 1. The van der Waals surface area contributed by atoms with E-state index >= 15 is 0 Å². The first-order chi connectivity index (χ1) is 8.83. The molecule has 0 radical (unpaired) electrons. The molecule has 0 bridgehead atoms. The van der Waals surface area contributed by atoms with Crippen molar-refractivity contribution in [3.05, 3.63) is 30.3 Å². The van der Waals surface area contributed by atoms with Crippen LogP contribution >= 0.6 is 0 Å². The highest BCUT2D eigenvalue weighted by atomic mass is 16.2. The molecule has 0 fully saturated rings. The molecule has 0 aliphatic rings. The maximum atomic E-state index is 11.5. The van der Waals surface area contributed by atoms with Crippen molar-refractivity contribution in [1.82, 2.24) is 5.43 Å². The molecule has 2 N–H and O–H groups in total. The van der Waals surface area contributed by atoms with E-state index in [1.165, 1.54) is 25.7 Å². The van der Waals surface area contributed by atoms with Crippen LogP contribution in [0.3, 0.4) is 0 Å². The molecular formula is C15H24N2O. The van der Waals surface area contributed by atoms with Crippen molar-refractivity contribution in [1.29, 1.82) is 0 Å². The first-order valence-electron chi connectivity index (χ1n) is 6.93. The highest BCUT2D eigenvalue weighted by Crippen LogP contribution is 2.07. The number of carbonyl (C=O) groups is 1. The molecule has 1 rings (SSSR count). The van der Waals surface area contributed by atoms with Gasteiger partial charge in [0.2, 0.25) is 5.91 Å². The zero-order valence-corrected chi connectivity index (χ0v) is 11.2. The Morgan fingerprint density at radius 2 is 1.67 bits per heavy atom. The number of amides is 1. The van der Waals surface area contributed by atoms with Crippen LogP contribution in [0.4, 0.5) is 5.69 Å². The van der Waals surface area contributed by atoms with Crippen molar-refractivity contribution < 1.29 is 4.79 Å². The van der Waals surface area contributed by atoms with Gasteiger partial charge in [-0.05, 0) is 18.6 Å². The zero-order valence-electron chi connectivity index (χ0n) is 11.2. The monoisotopic (exact) mass is 248 g/mol. The van der Waals surface area contributed by atoms with Crippen LogP contribution in [0.1, 0.15) is 51.9 Å². The lowest BCUT2D eigenvalue weighted by molar-refractivity contribution is -0.120. The fourth-order valence-electron chi connectivity index (χ4n) is 1.79. The largest absolute Gasteiger partial charge is 0.299 e. The average Bonchev–Trinajstić information content (AvgIpc) is 2.41. The third-order valence-corrected chi connectivity index (χ3v) is 2.88. The third-order valence-electron chi connectivity index (χ3n) is 2.88. The van der Waals surface area contributed by atoms with Crippen LogP contribution in [0.25, 0.3) is 0 Å². The summed E-state index contributed by atoms with van der Waals surface area (Å²) >= 11 is 0. The second-order valence-electron chi connectivity index (χ2n) is 4.56. The van der Waals surface area contributed by atoms with E-state index in [-0.39, 0.29) is 5.91 Å². The molecule has 3 heteroatoms. The Kier molecular flexibility index (Phi) is 7.69. The molecule has 0 spiro atoms. The Bertz CT molecular complexity index is 325. The highest BCUT2D eigenvalue weighted by Gasteiger charge is 2.00. The second-order valence-corrected chi connectivity index (χ2v) is 4.56. The van der Waals surface area contributed by atoms with E-state index in [4.69, 9.17) is 0 Å². The fourth-order valence-corrected chi connectivity index (χ4v) is 1.79. The molecule has 1 aromatic rings. The zero-order chi connectivity index (χ0) is 13.1. The number of anilines is 1. The first kappa shape index (κ1) is 14.6. The molecule has 0 saturated heterocycles. The molecule has 0 saturated carbocycles. The Labute approximate surface area is 110 Å². The lowest BCUT2D eigenvalue weighted by atomic mass is 10.1. The van der Waals surface area contributed by atoms with E-state index in [2.05, 4.69) is 17.8 Å². The van der Waals surface area contributed by atoms with E-state index in [0.29, 0.717) is 6.42 Å². The van der Waals surface area contributed by atoms with Gasteiger partial charge in [0.15, 0.2) is 0 Å². The van der Waals surface area contributed by atoms with Gasteiger partial charge in [0.1, 0.15) is 0 Å². The van der Waals surface area contributed by atoms with Gasteiger partial charge >= 0.3 is 0 Å². The summed E-state index contributed by atoms with van der Waals surface area (Å²) in [6, 6.07) is 9.66. The smallest absolute Gasteiger partial charge is 0.238 e. The van der Waals surface area contributed by atoms with Gasteiger partial charge < -0.3 is 0 Å². The van der Waals surface area contributed by atoms with Gasteiger partial charge in [-0.25, -0.2) is 0 Å². The molecule has 0 aliphatic carbocycles. The van der Waals surface area contributed by atoms with Gasteiger partial charge in [0, 0.05) is 6.42 Å². The standard InChI is InChI=1S/C15H24N2O/c1-2-3-4-5-6-10-13-15(18)17-16-14-11-8-7-9-12-14/h7-9,11-12,16H,2-6,10,13H2,1H3,(H,17,18). The number of nitrogens with one attached hydrogen (secondary N) is 2. The topological polar surface area (TPSA) is 41.1 Å². The maximum Gasteiger partial charge on any atom is 0.238 e. The second kappa shape index (κ2) is 9.51. The Morgan fingerprint density at radius 3 is 2.39 bits per heavy atom. The number of carbonyl (C=O) groups excluding carboxylic acids is 1. The molecule has 0 atom stereocenters. The Morgan fingerprint density at radius 1 is 1.00 bits per heavy atom. The van der Waals surface area contributed by atoms with Crippen LogP contribution in [0.5, 0.6) is 0 Å². The fraction of sp³-hybridized carbons (Fsp3) is 0.533. The summed E-state index contributed by atoms with van der Waals surface area (Å²) < 4.78 is 0. The van der Waals surface area contributed by atoms with Crippen LogP contribution in [0.15, 0.2) is 30.3 Å². The van der Waals surface area contributed by atoms with Gasteiger partial charge in [-0.1, -0.05) is 57.2 Å². The molecular weight excluding hydrogens is 224 g/mol. The number of para-hydroxylation sites is 1. The Balaban J connectivity index is 2.01. The summed E-state index contributed by atoms with van der Waals surface area (Å²) in [5.74, 6) is 0.0642. The molecule has 1 amide bonds. The first-order valence-corrected chi connectivity index (χ1v) is 6.93. The van der Waals surface area contributed by atoms with E-state index in [1.54, 1.807) is 0 Å². The van der Waals surface area contributed by atoms with E-state index in [1.807, 2.05) is 30.3 Å². The minimum atomic E-state index is 0.0642. The normalized spacial score (nSPS) is 10.1. The van der Waals surface area contributed by atoms with E-state index in [0.717, 1.165) is 18.5 Å². The third kappa shape index (κ3) is 6.94. The number of hydrogen-bond acceptors (Lipinski definition) is 2. The molecule has 18 heavy (non-hydrogen) atoms. The van der Waals surface area contributed by atoms with E-state index < -0.39 is 0 Å². The van der Waals surface area contributed by atoms with Crippen LogP contribution in [-0.2, 0) is 4.79 Å². The SMILES string of the molecule is CCCCCCCCC(=O)NNc1ccccc1. The molecule has 0 aliphatic heterocycles. The number of unbranched alkanes of at least 4 members (excludes halogenated alkanes) is 5. The van der Waals surface area contributed by atoms with Crippen molar-refractivity contribution in [2.45, 2.75) is 51.9 Å². The van der Waals surface area contributed by atoms with Crippen molar-refractivity contribution in [3.8, 4) is 0 Å². The summed E-state index contributed by atoms with van der Waals surface area (Å²) in [5.41, 5.74) is 6.53. The minimum absolute atomic E-state index is 0.0642. The Hall–Kier alpha value is -1.51.